The molecular formula is C14H11FO3. The van der Waals surface area contributed by atoms with Gasteiger partial charge in [0, 0.05) is 0 Å². The van der Waals surface area contributed by atoms with E-state index < -0.39 is 11.8 Å². The molecule has 18 heavy (non-hydrogen) atoms. The predicted octanol–water partition coefficient (Wildman–Crippen LogP) is 3.62. The van der Waals surface area contributed by atoms with Crippen LogP contribution in [-0.4, -0.2) is 11.1 Å². The maximum absolute atomic E-state index is 13.4. The van der Waals surface area contributed by atoms with E-state index in [1.165, 1.54) is 24.3 Å². The van der Waals surface area contributed by atoms with Crippen molar-refractivity contribution in [2.24, 2.45) is 0 Å². The molecule has 1 N–H and O–H groups in total. The third kappa shape index (κ3) is 2.48. The summed E-state index contributed by atoms with van der Waals surface area (Å²) in [5.74, 6) is -1.13. The third-order valence-corrected chi connectivity index (χ3v) is 2.49. The highest BCUT2D eigenvalue weighted by molar-refractivity contribution is 5.88. The molecule has 3 nitrogen and oxygen atoms in total. The fraction of sp³-hybridized carbons (Fsp3) is 0.0714. The van der Waals surface area contributed by atoms with Crippen LogP contribution in [0.3, 0.4) is 0 Å². The minimum Gasteiger partial charge on any atom is -0.478 e. The van der Waals surface area contributed by atoms with E-state index in [4.69, 9.17) is 9.84 Å². The van der Waals surface area contributed by atoms with E-state index in [0.29, 0.717) is 5.75 Å². The van der Waals surface area contributed by atoms with Crippen LogP contribution in [-0.2, 0) is 0 Å². The number of carboxylic acids is 1. The third-order valence-electron chi connectivity index (χ3n) is 2.49. The van der Waals surface area contributed by atoms with Crippen molar-refractivity contribution < 1.29 is 19.0 Å². The number of ether oxygens (including phenoxy) is 1. The van der Waals surface area contributed by atoms with Crippen molar-refractivity contribution in [3.8, 4) is 11.5 Å². The molecule has 0 spiro atoms. The van der Waals surface area contributed by atoms with E-state index in [0.717, 1.165) is 5.56 Å². The molecule has 0 unspecified atom stereocenters. The van der Waals surface area contributed by atoms with Crippen LogP contribution in [0.1, 0.15) is 15.9 Å². The predicted molar refractivity (Wildman–Crippen MR) is 64.6 cm³/mol. The van der Waals surface area contributed by atoms with Gasteiger partial charge in [0.25, 0.3) is 0 Å². The van der Waals surface area contributed by atoms with Gasteiger partial charge in [0.1, 0.15) is 5.75 Å². The Hall–Kier alpha value is -2.36. The number of hydrogen-bond acceptors (Lipinski definition) is 2. The lowest BCUT2D eigenvalue weighted by Crippen LogP contribution is -1.98. The second-order valence-electron chi connectivity index (χ2n) is 3.82. The summed E-state index contributed by atoms with van der Waals surface area (Å²) in [6.45, 7) is 1.77. The number of halogens is 1. The summed E-state index contributed by atoms with van der Waals surface area (Å²) < 4.78 is 18.8. The van der Waals surface area contributed by atoms with Gasteiger partial charge in [0.05, 0.1) is 5.56 Å². The first-order chi connectivity index (χ1) is 8.58. The summed E-state index contributed by atoms with van der Waals surface area (Å²) in [4.78, 5) is 10.9. The Morgan fingerprint density at radius 1 is 1.17 bits per heavy atom. The highest BCUT2D eigenvalue weighted by Crippen LogP contribution is 2.27. The minimum absolute atomic E-state index is 0.0724. The second kappa shape index (κ2) is 4.87. The number of benzene rings is 2. The standard InChI is InChI=1S/C14H11FO3/c1-9-6-7-10(14(16)17)8-13(9)18-12-5-3-2-4-11(12)15/h2-8H,1H3,(H,16,17). The van der Waals surface area contributed by atoms with Gasteiger partial charge in [-0.15, -0.1) is 0 Å². The van der Waals surface area contributed by atoms with Gasteiger partial charge in [-0.1, -0.05) is 18.2 Å². The minimum atomic E-state index is -1.05. The van der Waals surface area contributed by atoms with E-state index >= 15 is 0 Å². The first-order valence-corrected chi connectivity index (χ1v) is 5.34. The quantitative estimate of drug-likeness (QED) is 0.899. The number of rotatable bonds is 3. The zero-order valence-electron chi connectivity index (χ0n) is 9.68. The summed E-state index contributed by atoms with van der Waals surface area (Å²) in [5.41, 5.74) is 0.843. The van der Waals surface area contributed by atoms with Crippen molar-refractivity contribution in [1.29, 1.82) is 0 Å². The average molecular weight is 246 g/mol. The van der Waals surface area contributed by atoms with Crippen LogP contribution in [0, 0.1) is 12.7 Å². The molecule has 0 fully saturated rings. The largest absolute Gasteiger partial charge is 0.478 e. The number of aryl methyl sites for hydroxylation is 1. The van der Waals surface area contributed by atoms with E-state index in [1.807, 2.05) is 0 Å². The van der Waals surface area contributed by atoms with Gasteiger partial charge in [-0.05, 0) is 36.8 Å². The highest BCUT2D eigenvalue weighted by Gasteiger charge is 2.09. The molecule has 2 rings (SSSR count). The summed E-state index contributed by atoms with van der Waals surface area (Å²) in [7, 11) is 0. The first kappa shape index (κ1) is 12.1. The van der Waals surface area contributed by atoms with Crippen molar-refractivity contribution >= 4 is 5.97 Å². The summed E-state index contributed by atoms with van der Waals surface area (Å²) in [5, 5.41) is 8.89. The lowest BCUT2D eigenvalue weighted by molar-refractivity contribution is 0.0696. The Balaban J connectivity index is 2.37. The summed E-state index contributed by atoms with van der Waals surface area (Å²) in [6.07, 6.45) is 0. The van der Waals surface area contributed by atoms with Crippen molar-refractivity contribution in [1.82, 2.24) is 0 Å². The average Bonchev–Trinajstić information content (AvgIpc) is 2.34. The number of para-hydroxylation sites is 1. The van der Waals surface area contributed by atoms with Gasteiger partial charge in [-0.2, -0.15) is 0 Å². The van der Waals surface area contributed by atoms with Crippen molar-refractivity contribution in [3.05, 3.63) is 59.4 Å². The Morgan fingerprint density at radius 2 is 1.89 bits per heavy atom. The van der Waals surface area contributed by atoms with E-state index in [9.17, 15) is 9.18 Å². The van der Waals surface area contributed by atoms with E-state index in [2.05, 4.69) is 0 Å². The van der Waals surface area contributed by atoms with Gasteiger partial charge in [-0.3, -0.25) is 0 Å². The van der Waals surface area contributed by atoms with Crippen LogP contribution in [0.4, 0.5) is 4.39 Å². The molecule has 0 atom stereocenters. The zero-order valence-corrected chi connectivity index (χ0v) is 9.68. The Morgan fingerprint density at radius 3 is 2.56 bits per heavy atom. The number of hydrogen-bond donors (Lipinski definition) is 1. The molecule has 0 saturated carbocycles. The first-order valence-electron chi connectivity index (χ1n) is 5.34. The highest BCUT2D eigenvalue weighted by atomic mass is 19.1. The van der Waals surface area contributed by atoms with Crippen LogP contribution in [0.2, 0.25) is 0 Å². The Bertz CT molecular complexity index is 593. The maximum atomic E-state index is 13.4. The number of carbonyl (C=O) groups is 1. The fourth-order valence-electron chi connectivity index (χ4n) is 1.49. The van der Waals surface area contributed by atoms with Crippen LogP contribution < -0.4 is 4.74 Å². The fourth-order valence-corrected chi connectivity index (χ4v) is 1.49. The van der Waals surface area contributed by atoms with Crippen LogP contribution in [0.25, 0.3) is 0 Å². The molecule has 0 saturated heterocycles. The molecule has 2 aromatic rings. The molecule has 2 aromatic carbocycles. The van der Waals surface area contributed by atoms with E-state index in [1.54, 1.807) is 25.1 Å². The monoisotopic (exact) mass is 246 g/mol. The number of carboxylic acid groups (broad SMARTS) is 1. The number of aromatic carboxylic acids is 1. The molecule has 0 aliphatic rings. The van der Waals surface area contributed by atoms with Crippen LogP contribution >= 0.6 is 0 Å². The molecule has 0 heterocycles. The normalized spacial score (nSPS) is 10.1. The van der Waals surface area contributed by atoms with Crippen molar-refractivity contribution in [2.45, 2.75) is 6.92 Å². The smallest absolute Gasteiger partial charge is 0.335 e. The zero-order chi connectivity index (χ0) is 13.1. The van der Waals surface area contributed by atoms with Gasteiger partial charge in [0.2, 0.25) is 0 Å². The van der Waals surface area contributed by atoms with Crippen molar-refractivity contribution in [3.63, 3.8) is 0 Å². The second-order valence-corrected chi connectivity index (χ2v) is 3.82. The molecule has 0 radical (unpaired) electrons. The van der Waals surface area contributed by atoms with E-state index in [-0.39, 0.29) is 11.3 Å². The van der Waals surface area contributed by atoms with Gasteiger partial charge in [0.15, 0.2) is 11.6 Å². The van der Waals surface area contributed by atoms with Gasteiger partial charge >= 0.3 is 5.97 Å². The Kier molecular flexibility index (Phi) is 3.28. The topological polar surface area (TPSA) is 46.5 Å². The lowest BCUT2D eigenvalue weighted by atomic mass is 10.1. The molecule has 0 aliphatic heterocycles. The summed E-state index contributed by atoms with van der Waals surface area (Å²) >= 11 is 0. The maximum Gasteiger partial charge on any atom is 0.335 e. The molecule has 4 heteroatoms. The molecular weight excluding hydrogens is 235 g/mol. The molecule has 0 aliphatic carbocycles. The molecule has 0 bridgehead atoms. The van der Waals surface area contributed by atoms with Crippen molar-refractivity contribution in [2.75, 3.05) is 0 Å². The SMILES string of the molecule is Cc1ccc(C(=O)O)cc1Oc1ccccc1F. The molecule has 92 valence electrons. The molecule has 0 aromatic heterocycles. The Labute approximate surface area is 103 Å². The summed E-state index contributed by atoms with van der Waals surface area (Å²) in [6, 6.07) is 10.5. The van der Waals surface area contributed by atoms with Crippen LogP contribution in [0.5, 0.6) is 11.5 Å². The molecule has 0 amide bonds. The van der Waals surface area contributed by atoms with Gasteiger partial charge in [-0.25, -0.2) is 9.18 Å². The van der Waals surface area contributed by atoms with Crippen LogP contribution in [0.15, 0.2) is 42.5 Å². The van der Waals surface area contributed by atoms with Gasteiger partial charge < -0.3 is 9.84 Å². The lowest BCUT2D eigenvalue weighted by Gasteiger charge is -2.10.